The first kappa shape index (κ1) is 38.8. The van der Waals surface area contributed by atoms with E-state index in [1.807, 2.05) is 28.0 Å². The van der Waals surface area contributed by atoms with Crippen molar-refractivity contribution >= 4 is 53.5 Å². The number of hydrogen-bond donors (Lipinski definition) is 0. The lowest BCUT2D eigenvalue weighted by Crippen LogP contribution is -2.55. The number of halogens is 5. The summed E-state index contributed by atoms with van der Waals surface area (Å²) in [5, 5.41) is 0.754. The van der Waals surface area contributed by atoms with E-state index in [0.717, 1.165) is 85.9 Å². The van der Waals surface area contributed by atoms with Crippen LogP contribution in [0.2, 0.25) is 0 Å². The first-order chi connectivity index (χ1) is 20.5. The zero-order valence-electron chi connectivity index (χ0n) is 26.4. The molecule has 1 saturated heterocycles. The number of fused-ring (bicyclic) bond motifs is 1. The molecule has 2 amide bonds. The maximum absolute atomic E-state index is 13.0. The standard InChI is InChI=1S/C33H43F3N4O2S.2ClH/c1-24(2)40(25(3)4)32(41)39-18-16-38(17-19-39)23-26-8-11-28(12-9-26)42-20-6-5-7-21-43-31-14-15-37-30-22-27(33(34,35)36)10-13-29(30)31;;/h8-15,22,24-25H,5-7,16-21,23H2,1-4H3;2*1H. The molecule has 12 heteroatoms. The van der Waals surface area contributed by atoms with Crippen LogP contribution in [0, 0.1) is 0 Å². The molecule has 4 rings (SSSR count). The van der Waals surface area contributed by atoms with E-state index in [2.05, 4.69) is 49.7 Å². The quantitative estimate of drug-likeness (QED) is 0.141. The van der Waals surface area contributed by atoms with Gasteiger partial charge in [0.25, 0.3) is 0 Å². The zero-order valence-corrected chi connectivity index (χ0v) is 28.8. The Kier molecular flexibility index (Phi) is 15.6. The molecule has 2 aromatic carbocycles. The molecule has 3 aromatic rings. The Labute approximate surface area is 281 Å². The number of amides is 2. The van der Waals surface area contributed by atoms with Gasteiger partial charge < -0.3 is 14.5 Å². The van der Waals surface area contributed by atoms with Crippen molar-refractivity contribution < 1.29 is 22.7 Å². The number of ether oxygens (including phenoxy) is 1. The average Bonchev–Trinajstić information content (AvgIpc) is 2.96. The van der Waals surface area contributed by atoms with E-state index in [1.54, 1.807) is 18.0 Å². The van der Waals surface area contributed by atoms with Gasteiger partial charge in [0.1, 0.15) is 5.75 Å². The summed E-state index contributed by atoms with van der Waals surface area (Å²) in [6.07, 6.45) is 0.131. The molecule has 0 N–H and O–H groups in total. The highest BCUT2D eigenvalue weighted by Gasteiger charge is 2.31. The number of benzene rings is 2. The van der Waals surface area contributed by atoms with Gasteiger partial charge in [-0.3, -0.25) is 9.88 Å². The van der Waals surface area contributed by atoms with E-state index in [9.17, 15) is 18.0 Å². The molecule has 0 unspecified atom stereocenters. The number of piperazine rings is 1. The number of carbonyl (C=O) groups is 1. The van der Waals surface area contributed by atoms with Gasteiger partial charge in [-0.25, -0.2) is 4.79 Å². The second kappa shape index (κ2) is 18.1. The Morgan fingerprint density at radius 3 is 2.22 bits per heavy atom. The number of nitrogens with zero attached hydrogens (tertiary/aromatic N) is 4. The number of rotatable bonds is 12. The van der Waals surface area contributed by atoms with Gasteiger partial charge in [0, 0.05) is 61.3 Å². The molecule has 1 aromatic heterocycles. The van der Waals surface area contributed by atoms with Gasteiger partial charge >= 0.3 is 12.2 Å². The highest BCUT2D eigenvalue weighted by Crippen LogP contribution is 2.34. The molecule has 1 aliphatic heterocycles. The van der Waals surface area contributed by atoms with Crippen LogP contribution in [-0.2, 0) is 12.7 Å². The van der Waals surface area contributed by atoms with Crippen molar-refractivity contribution in [2.75, 3.05) is 38.5 Å². The SMILES string of the molecule is CC(C)N(C(=O)N1CCN(Cc2ccc(OCCCCCSc3ccnc4cc(C(F)(F)F)ccc34)cc2)CC1)C(C)C.Cl.Cl. The Hall–Kier alpha value is -2.40. The maximum Gasteiger partial charge on any atom is 0.416 e. The monoisotopic (exact) mass is 688 g/mol. The van der Waals surface area contributed by atoms with Crippen LogP contribution in [0.15, 0.2) is 59.6 Å². The van der Waals surface area contributed by atoms with Crippen LogP contribution in [0.1, 0.15) is 58.1 Å². The second-order valence-electron chi connectivity index (χ2n) is 11.6. The molecule has 0 atom stereocenters. The predicted molar refractivity (Wildman–Crippen MR) is 182 cm³/mol. The lowest BCUT2D eigenvalue weighted by Gasteiger charge is -2.40. The largest absolute Gasteiger partial charge is 0.494 e. The van der Waals surface area contributed by atoms with E-state index in [-0.39, 0.29) is 42.9 Å². The highest BCUT2D eigenvalue weighted by molar-refractivity contribution is 7.99. The maximum atomic E-state index is 13.0. The molecule has 0 spiro atoms. The van der Waals surface area contributed by atoms with Crippen molar-refractivity contribution in [1.82, 2.24) is 19.7 Å². The normalized spacial score (nSPS) is 13.9. The van der Waals surface area contributed by atoms with Crippen molar-refractivity contribution in [3.05, 3.63) is 65.9 Å². The molecule has 1 aliphatic rings. The summed E-state index contributed by atoms with van der Waals surface area (Å²) in [4.78, 5) is 24.4. The Bertz CT molecular complexity index is 1330. The van der Waals surface area contributed by atoms with Crippen LogP contribution >= 0.6 is 36.6 Å². The Balaban J connectivity index is 0.00000353. The minimum absolute atomic E-state index is 0. The van der Waals surface area contributed by atoms with Crippen molar-refractivity contribution in [2.24, 2.45) is 0 Å². The third-order valence-electron chi connectivity index (χ3n) is 7.65. The molecule has 6 nitrogen and oxygen atoms in total. The second-order valence-corrected chi connectivity index (χ2v) is 12.7. The molecule has 45 heavy (non-hydrogen) atoms. The minimum Gasteiger partial charge on any atom is -0.494 e. The van der Waals surface area contributed by atoms with Crippen molar-refractivity contribution in [3.63, 3.8) is 0 Å². The fourth-order valence-corrected chi connectivity index (χ4v) is 6.48. The van der Waals surface area contributed by atoms with Crippen molar-refractivity contribution in [2.45, 2.75) is 76.7 Å². The van der Waals surface area contributed by atoms with Crippen LogP contribution in [0.5, 0.6) is 5.75 Å². The van der Waals surface area contributed by atoms with Crippen LogP contribution in [0.4, 0.5) is 18.0 Å². The van der Waals surface area contributed by atoms with Crippen LogP contribution < -0.4 is 4.74 Å². The number of aromatic nitrogens is 1. The first-order valence-corrected chi connectivity index (χ1v) is 16.1. The Morgan fingerprint density at radius 1 is 0.933 bits per heavy atom. The zero-order chi connectivity index (χ0) is 31.0. The molecule has 1 fully saturated rings. The number of hydrogen-bond acceptors (Lipinski definition) is 5. The van der Waals surface area contributed by atoms with Gasteiger partial charge in [-0.2, -0.15) is 13.2 Å². The van der Waals surface area contributed by atoms with Crippen molar-refractivity contribution in [3.8, 4) is 5.75 Å². The number of urea groups is 1. The summed E-state index contributed by atoms with van der Waals surface area (Å²) in [5.74, 6) is 1.74. The summed E-state index contributed by atoms with van der Waals surface area (Å²) in [6, 6.07) is 14.4. The molecular weight excluding hydrogens is 644 g/mol. The highest BCUT2D eigenvalue weighted by atomic mass is 35.5. The number of thioether (sulfide) groups is 1. The van der Waals surface area contributed by atoms with Gasteiger partial charge in [0.2, 0.25) is 0 Å². The van der Waals surface area contributed by atoms with E-state index in [0.29, 0.717) is 12.1 Å². The number of alkyl halides is 3. The molecule has 0 saturated carbocycles. The summed E-state index contributed by atoms with van der Waals surface area (Å²) in [5.41, 5.74) is 0.925. The van der Waals surface area contributed by atoms with Crippen molar-refractivity contribution in [1.29, 1.82) is 0 Å². The van der Waals surface area contributed by atoms with Crippen LogP contribution in [0.3, 0.4) is 0 Å². The molecule has 250 valence electrons. The topological polar surface area (TPSA) is 48.9 Å². The molecule has 2 heterocycles. The fourth-order valence-electron chi connectivity index (χ4n) is 5.42. The van der Waals surface area contributed by atoms with E-state index in [4.69, 9.17) is 4.74 Å². The average molecular weight is 690 g/mol. The summed E-state index contributed by atoms with van der Waals surface area (Å²) in [7, 11) is 0. The summed E-state index contributed by atoms with van der Waals surface area (Å²) >= 11 is 1.65. The van der Waals surface area contributed by atoms with E-state index >= 15 is 0 Å². The summed E-state index contributed by atoms with van der Waals surface area (Å²) in [6.45, 7) is 13.0. The predicted octanol–water partition coefficient (Wildman–Crippen LogP) is 8.80. The van der Waals surface area contributed by atoms with Gasteiger partial charge in [-0.1, -0.05) is 18.2 Å². The van der Waals surface area contributed by atoms with Gasteiger partial charge in [0.05, 0.1) is 17.7 Å². The Morgan fingerprint density at radius 2 is 1.60 bits per heavy atom. The number of pyridine rings is 1. The molecule has 0 aliphatic carbocycles. The van der Waals surface area contributed by atoms with E-state index in [1.165, 1.54) is 11.6 Å². The third kappa shape index (κ3) is 11.1. The number of carbonyl (C=O) groups excluding carboxylic acids is 1. The lowest BCUT2D eigenvalue weighted by molar-refractivity contribution is -0.137. The first-order valence-electron chi connectivity index (χ1n) is 15.1. The smallest absolute Gasteiger partial charge is 0.416 e. The number of unbranched alkanes of at least 4 members (excludes halogenated alkanes) is 2. The van der Waals surface area contributed by atoms with Gasteiger partial charge in [-0.15, -0.1) is 36.6 Å². The van der Waals surface area contributed by atoms with Crippen LogP contribution in [0.25, 0.3) is 10.9 Å². The lowest BCUT2D eigenvalue weighted by atomic mass is 10.1. The molecule has 0 bridgehead atoms. The molecule has 0 radical (unpaired) electrons. The third-order valence-corrected chi connectivity index (χ3v) is 8.81. The van der Waals surface area contributed by atoms with Gasteiger partial charge in [-0.05, 0) is 88.6 Å². The van der Waals surface area contributed by atoms with E-state index < -0.39 is 11.7 Å². The van der Waals surface area contributed by atoms with Gasteiger partial charge in [0.15, 0.2) is 0 Å². The fraction of sp³-hybridized carbons (Fsp3) is 0.515. The summed E-state index contributed by atoms with van der Waals surface area (Å²) < 4.78 is 45.0. The minimum atomic E-state index is -4.37. The molecular formula is C33H45Cl2F3N4O2S. The van der Waals surface area contributed by atoms with Crippen LogP contribution in [-0.4, -0.2) is 76.3 Å².